The van der Waals surface area contributed by atoms with E-state index in [1.165, 1.54) is 11.3 Å². The van der Waals surface area contributed by atoms with E-state index in [4.69, 9.17) is 11.6 Å². The second-order valence-electron chi connectivity index (χ2n) is 5.05. The summed E-state index contributed by atoms with van der Waals surface area (Å²) in [4.78, 5) is 14.5. The summed E-state index contributed by atoms with van der Waals surface area (Å²) in [5.74, 6) is 0.150. The molecule has 20 heavy (non-hydrogen) atoms. The second-order valence-corrected chi connectivity index (χ2v) is 5.49. The number of anilines is 1. The van der Waals surface area contributed by atoms with Crippen LogP contribution >= 0.6 is 11.6 Å². The minimum absolute atomic E-state index is 0.150. The van der Waals surface area contributed by atoms with E-state index in [1.807, 2.05) is 12.1 Å². The highest BCUT2D eigenvalue weighted by molar-refractivity contribution is 6.31. The molecule has 3 heteroatoms. The van der Waals surface area contributed by atoms with Crippen LogP contribution in [0.15, 0.2) is 48.5 Å². The summed E-state index contributed by atoms with van der Waals surface area (Å²) in [5.41, 5.74) is 3.35. The average molecular weight is 286 g/mol. The summed E-state index contributed by atoms with van der Waals surface area (Å²) >= 11 is 5.92. The molecule has 0 unspecified atom stereocenters. The molecule has 0 spiro atoms. The Morgan fingerprint density at radius 2 is 2.00 bits per heavy atom. The molecule has 0 saturated carbocycles. The molecule has 0 bridgehead atoms. The minimum atomic E-state index is 0.150. The summed E-state index contributed by atoms with van der Waals surface area (Å²) in [6, 6.07) is 15.6. The van der Waals surface area contributed by atoms with Crippen LogP contribution in [0.25, 0.3) is 0 Å². The fraction of sp³-hybridized carbons (Fsp3) is 0.235. The molecule has 3 rings (SSSR count). The number of rotatable bonds is 4. The van der Waals surface area contributed by atoms with Crippen LogP contribution in [0.1, 0.15) is 22.3 Å². The Bertz CT molecular complexity index is 638. The number of para-hydroxylation sites is 1. The van der Waals surface area contributed by atoms with Crippen LogP contribution in [0.4, 0.5) is 5.69 Å². The third-order valence-corrected chi connectivity index (χ3v) is 3.97. The fourth-order valence-electron chi connectivity index (χ4n) is 2.68. The Hall–Kier alpha value is -1.80. The summed E-state index contributed by atoms with van der Waals surface area (Å²) in [6.45, 7) is 1.77. The van der Waals surface area contributed by atoms with Gasteiger partial charge in [0.2, 0.25) is 0 Å². The zero-order valence-electron chi connectivity index (χ0n) is 11.2. The molecule has 1 aliphatic heterocycles. The van der Waals surface area contributed by atoms with Crippen molar-refractivity contribution in [3.63, 3.8) is 0 Å². The first-order valence-electron chi connectivity index (χ1n) is 6.85. The molecule has 2 aromatic rings. The smallest absolute Gasteiger partial charge is 0.164 e. The number of fused-ring (bicyclic) bond motifs is 1. The summed E-state index contributed by atoms with van der Waals surface area (Å²) < 4.78 is 0. The van der Waals surface area contributed by atoms with Gasteiger partial charge in [-0.25, -0.2) is 0 Å². The van der Waals surface area contributed by atoms with Crippen molar-refractivity contribution in [2.75, 3.05) is 18.0 Å². The van der Waals surface area contributed by atoms with Crippen LogP contribution in [-0.2, 0) is 6.42 Å². The maximum absolute atomic E-state index is 12.2. The average Bonchev–Trinajstić information content (AvgIpc) is 2.88. The van der Waals surface area contributed by atoms with Crippen LogP contribution < -0.4 is 4.90 Å². The van der Waals surface area contributed by atoms with Gasteiger partial charge in [0.05, 0.1) is 0 Å². The molecule has 0 N–H and O–H groups in total. The molecular weight excluding hydrogens is 270 g/mol. The lowest BCUT2D eigenvalue weighted by Gasteiger charge is -2.18. The highest BCUT2D eigenvalue weighted by Crippen LogP contribution is 2.27. The van der Waals surface area contributed by atoms with E-state index >= 15 is 0 Å². The van der Waals surface area contributed by atoms with Crippen molar-refractivity contribution in [3.8, 4) is 0 Å². The molecule has 2 aromatic carbocycles. The molecule has 2 nitrogen and oxygen atoms in total. The van der Waals surface area contributed by atoms with E-state index < -0.39 is 0 Å². The van der Waals surface area contributed by atoms with Crippen LogP contribution in [-0.4, -0.2) is 18.9 Å². The molecular formula is C17H16ClNO. The third kappa shape index (κ3) is 2.70. The van der Waals surface area contributed by atoms with Crippen molar-refractivity contribution in [3.05, 3.63) is 64.7 Å². The lowest BCUT2D eigenvalue weighted by molar-refractivity contribution is 0.0984. The first-order valence-corrected chi connectivity index (χ1v) is 7.23. The van der Waals surface area contributed by atoms with Crippen LogP contribution in [0.2, 0.25) is 5.02 Å². The van der Waals surface area contributed by atoms with Crippen molar-refractivity contribution in [2.24, 2.45) is 0 Å². The number of benzene rings is 2. The normalized spacial score (nSPS) is 13.3. The number of hydrogen-bond donors (Lipinski definition) is 0. The fourth-order valence-corrected chi connectivity index (χ4v) is 2.87. The van der Waals surface area contributed by atoms with Gasteiger partial charge in [-0.15, -0.1) is 0 Å². The predicted molar refractivity (Wildman–Crippen MR) is 82.8 cm³/mol. The van der Waals surface area contributed by atoms with Crippen molar-refractivity contribution in [1.29, 1.82) is 0 Å². The van der Waals surface area contributed by atoms with Gasteiger partial charge >= 0.3 is 0 Å². The van der Waals surface area contributed by atoms with Gasteiger partial charge in [-0.1, -0.05) is 41.9 Å². The first-order chi connectivity index (χ1) is 9.74. The summed E-state index contributed by atoms with van der Waals surface area (Å²) in [7, 11) is 0. The Balaban J connectivity index is 1.65. The molecule has 0 radical (unpaired) electrons. The largest absolute Gasteiger partial charge is 0.371 e. The number of hydrogen-bond acceptors (Lipinski definition) is 2. The van der Waals surface area contributed by atoms with Crippen LogP contribution in [0.3, 0.4) is 0 Å². The van der Waals surface area contributed by atoms with Crippen LogP contribution in [0, 0.1) is 0 Å². The quantitative estimate of drug-likeness (QED) is 0.792. The maximum atomic E-state index is 12.2. The number of halogens is 1. The number of carbonyl (C=O) groups excluding carboxylic acids is 1. The number of nitrogens with zero attached hydrogens (tertiary/aromatic N) is 1. The molecule has 0 atom stereocenters. The number of carbonyl (C=O) groups is 1. The summed E-state index contributed by atoms with van der Waals surface area (Å²) in [5, 5.41) is 0.613. The lowest BCUT2D eigenvalue weighted by atomic mass is 10.1. The van der Waals surface area contributed by atoms with E-state index in [2.05, 4.69) is 29.2 Å². The Labute approximate surface area is 124 Å². The molecule has 0 aliphatic carbocycles. The van der Waals surface area contributed by atoms with Gasteiger partial charge in [-0.05, 0) is 30.2 Å². The predicted octanol–water partition coefficient (Wildman–Crippen LogP) is 3.98. The molecule has 1 heterocycles. The lowest BCUT2D eigenvalue weighted by Crippen LogP contribution is -2.23. The van der Waals surface area contributed by atoms with Crippen LogP contribution in [0.5, 0.6) is 0 Å². The van der Waals surface area contributed by atoms with E-state index in [0.29, 0.717) is 17.0 Å². The molecule has 0 fully saturated rings. The highest BCUT2D eigenvalue weighted by atomic mass is 35.5. The van der Waals surface area contributed by atoms with Gasteiger partial charge in [-0.3, -0.25) is 4.79 Å². The van der Waals surface area contributed by atoms with Gasteiger partial charge in [-0.2, -0.15) is 0 Å². The summed E-state index contributed by atoms with van der Waals surface area (Å²) in [6.07, 6.45) is 1.59. The third-order valence-electron chi connectivity index (χ3n) is 3.74. The molecule has 0 amide bonds. The number of Topliss-reactive ketones (excluding diaryl/α,β-unsaturated/α-hetero) is 1. The standard InChI is InChI=1S/C17H16ClNO/c18-15-6-3-5-14(12-15)17(20)9-11-19-10-8-13-4-1-2-7-16(13)19/h1-7,12H,8-11H2. The monoisotopic (exact) mass is 285 g/mol. The van der Waals surface area contributed by atoms with E-state index in [-0.39, 0.29) is 5.78 Å². The van der Waals surface area contributed by atoms with E-state index in [0.717, 1.165) is 19.5 Å². The van der Waals surface area contributed by atoms with Gasteiger partial charge in [0.1, 0.15) is 0 Å². The molecule has 0 saturated heterocycles. The van der Waals surface area contributed by atoms with Gasteiger partial charge in [0.25, 0.3) is 0 Å². The number of ketones is 1. The minimum Gasteiger partial charge on any atom is -0.371 e. The van der Waals surface area contributed by atoms with Gasteiger partial charge < -0.3 is 4.90 Å². The molecule has 1 aliphatic rings. The van der Waals surface area contributed by atoms with E-state index in [1.54, 1.807) is 12.1 Å². The highest BCUT2D eigenvalue weighted by Gasteiger charge is 2.19. The van der Waals surface area contributed by atoms with Crippen molar-refractivity contribution < 1.29 is 4.79 Å². The Morgan fingerprint density at radius 1 is 1.15 bits per heavy atom. The first kappa shape index (κ1) is 13.2. The van der Waals surface area contributed by atoms with Crippen molar-refractivity contribution in [1.82, 2.24) is 0 Å². The molecule has 0 aromatic heterocycles. The zero-order chi connectivity index (χ0) is 13.9. The SMILES string of the molecule is O=C(CCN1CCc2ccccc21)c1cccc(Cl)c1. The van der Waals surface area contributed by atoms with Gasteiger partial charge in [0, 0.05) is 35.8 Å². The second kappa shape index (κ2) is 5.68. The Kier molecular flexibility index (Phi) is 3.75. The molecule has 102 valence electrons. The van der Waals surface area contributed by atoms with Crippen molar-refractivity contribution in [2.45, 2.75) is 12.8 Å². The zero-order valence-corrected chi connectivity index (χ0v) is 11.9. The van der Waals surface area contributed by atoms with E-state index in [9.17, 15) is 4.79 Å². The van der Waals surface area contributed by atoms with Crippen molar-refractivity contribution >= 4 is 23.1 Å². The maximum Gasteiger partial charge on any atom is 0.164 e. The Morgan fingerprint density at radius 3 is 2.85 bits per heavy atom. The topological polar surface area (TPSA) is 20.3 Å². The van der Waals surface area contributed by atoms with Gasteiger partial charge in [0.15, 0.2) is 5.78 Å².